The molecule has 0 saturated carbocycles. The predicted molar refractivity (Wildman–Crippen MR) is 33.8 cm³/mol. The molecule has 61 valence electrons. The normalized spacial score (nSPS) is 18.4. The summed E-state index contributed by atoms with van der Waals surface area (Å²) in [5.74, 6) is 0. The highest BCUT2D eigenvalue weighted by Crippen LogP contribution is 2.01. The molecule has 6 heteroatoms. The van der Waals surface area contributed by atoms with E-state index in [0.717, 1.165) is 0 Å². The molecule has 0 aromatic carbocycles. The summed E-state index contributed by atoms with van der Waals surface area (Å²) in [5, 5.41) is 15.2. The SMILES string of the molecule is [CH2]C(C(O)CO)S(=O)(=O)O. The Balaban J connectivity index is 4.23. The zero-order chi connectivity index (χ0) is 8.36. The van der Waals surface area contributed by atoms with Crippen LogP contribution in [0.15, 0.2) is 0 Å². The van der Waals surface area contributed by atoms with Crippen LogP contribution in [0.1, 0.15) is 0 Å². The van der Waals surface area contributed by atoms with Gasteiger partial charge in [0.1, 0.15) is 5.25 Å². The quantitative estimate of drug-likeness (QED) is 0.444. The standard InChI is InChI=1S/C4H9O5S/c1-3(4(6)2-5)10(7,8)9/h3-6H,1-2H2,(H,7,8,9). The van der Waals surface area contributed by atoms with Crippen molar-refractivity contribution in [1.29, 1.82) is 0 Å². The highest BCUT2D eigenvalue weighted by atomic mass is 32.2. The summed E-state index contributed by atoms with van der Waals surface area (Å²) in [6.07, 6.45) is -1.53. The van der Waals surface area contributed by atoms with Crippen LogP contribution in [0.25, 0.3) is 0 Å². The van der Waals surface area contributed by atoms with E-state index in [0.29, 0.717) is 0 Å². The summed E-state index contributed by atoms with van der Waals surface area (Å²) in [4.78, 5) is 0. The maximum atomic E-state index is 10.2. The van der Waals surface area contributed by atoms with Gasteiger partial charge in [-0.3, -0.25) is 4.55 Å². The lowest BCUT2D eigenvalue weighted by Crippen LogP contribution is -2.33. The molecule has 0 heterocycles. The van der Waals surface area contributed by atoms with Gasteiger partial charge in [0.05, 0.1) is 12.7 Å². The van der Waals surface area contributed by atoms with Gasteiger partial charge in [0, 0.05) is 0 Å². The van der Waals surface area contributed by atoms with Crippen LogP contribution in [0.3, 0.4) is 0 Å². The van der Waals surface area contributed by atoms with Gasteiger partial charge in [-0.25, -0.2) is 0 Å². The minimum absolute atomic E-state index is 0.742. The van der Waals surface area contributed by atoms with Crippen molar-refractivity contribution in [2.24, 2.45) is 0 Å². The molecular weight excluding hydrogens is 160 g/mol. The number of aliphatic hydroxyl groups is 2. The Bertz CT molecular complexity index is 184. The summed E-state index contributed by atoms with van der Waals surface area (Å²) in [7, 11) is -4.34. The second-order valence-electron chi connectivity index (χ2n) is 1.80. The number of hydrogen-bond donors (Lipinski definition) is 3. The zero-order valence-electron chi connectivity index (χ0n) is 5.14. The molecule has 5 nitrogen and oxygen atoms in total. The monoisotopic (exact) mass is 169 g/mol. The third kappa shape index (κ3) is 2.61. The van der Waals surface area contributed by atoms with E-state index in [-0.39, 0.29) is 0 Å². The van der Waals surface area contributed by atoms with Crippen molar-refractivity contribution in [3.63, 3.8) is 0 Å². The summed E-state index contributed by atoms with van der Waals surface area (Å²) >= 11 is 0. The fraction of sp³-hybridized carbons (Fsp3) is 0.750. The van der Waals surface area contributed by atoms with Gasteiger partial charge in [-0.1, -0.05) is 0 Å². The van der Waals surface area contributed by atoms with Gasteiger partial charge in [-0.2, -0.15) is 8.42 Å². The molecule has 3 N–H and O–H groups in total. The van der Waals surface area contributed by atoms with Crippen molar-refractivity contribution in [3.8, 4) is 0 Å². The third-order valence-electron chi connectivity index (χ3n) is 0.999. The summed E-state index contributed by atoms with van der Waals surface area (Å²) in [6.45, 7) is 2.19. The number of aliphatic hydroxyl groups excluding tert-OH is 2. The fourth-order valence-electron chi connectivity index (χ4n) is 0.316. The Morgan fingerprint density at radius 3 is 2.00 bits per heavy atom. The predicted octanol–water partition coefficient (Wildman–Crippen LogP) is -1.57. The van der Waals surface area contributed by atoms with Crippen molar-refractivity contribution in [2.45, 2.75) is 11.4 Å². The molecular formula is C4H9O5S. The van der Waals surface area contributed by atoms with Crippen molar-refractivity contribution in [3.05, 3.63) is 6.92 Å². The Kier molecular flexibility index (Phi) is 3.23. The summed E-state index contributed by atoms with van der Waals surface area (Å²) < 4.78 is 28.5. The first kappa shape index (κ1) is 9.83. The maximum Gasteiger partial charge on any atom is 0.270 e. The van der Waals surface area contributed by atoms with Crippen molar-refractivity contribution in [2.75, 3.05) is 6.61 Å². The van der Waals surface area contributed by atoms with Crippen LogP contribution in [-0.4, -0.2) is 41.1 Å². The van der Waals surface area contributed by atoms with Crippen molar-refractivity contribution < 1.29 is 23.2 Å². The first-order chi connectivity index (χ1) is 4.39. The van der Waals surface area contributed by atoms with E-state index in [1.807, 2.05) is 0 Å². The molecule has 10 heavy (non-hydrogen) atoms. The average molecular weight is 169 g/mol. The molecule has 0 aromatic rings. The van der Waals surface area contributed by atoms with E-state index in [4.69, 9.17) is 14.8 Å². The number of rotatable bonds is 3. The molecule has 2 atom stereocenters. The Morgan fingerprint density at radius 1 is 1.50 bits per heavy atom. The molecule has 0 aliphatic carbocycles. The minimum Gasteiger partial charge on any atom is -0.394 e. The van der Waals surface area contributed by atoms with Crippen molar-refractivity contribution >= 4 is 10.1 Å². The van der Waals surface area contributed by atoms with E-state index in [1.165, 1.54) is 0 Å². The van der Waals surface area contributed by atoms with Crippen LogP contribution in [-0.2, 0) is 10.1 Å². The van der Waals surface area contributed by atoms with Crippen LogP contribution >= 0.6 is 0 Å². The van der Waals surface area contributed by atoms with E-state index in [2.05, 4.69) is 6.92 Å². The largest absolute Gasteiger partial charge is 0.394 e. The molecule has 0 saturated heterocycles. The molecule has 0 fully saturated rings. The van der Waals surface area contributed by atoms with Gasteiger partial charge in [-0.15, -0.1) is 0 Å². The molecule has 0 aliphatic rings. The molecule has 0 aliphatic heterocycles. The van der Waals surface area contributed by atoms with Crippen LogP contribution in [0, 0.1) is 6.92 Å². The number of hydrogen-bond acceptors (Lipinski definition) is 4. The highest BCUT2D eigenvalue weighted by molar-refractivity contribution is 7.86. The van der Waals surface area contributed by atoms with Gasteiger partial charge < -0.3 is 10.2 Å². The van der Waals surface area contributed by atoms with Crippen LogP contribution in [0.2, 0.25) is 0 Å². The van der Waals surface area contributed by atoms with Crippen molar-refractivity contribution in [1.82, 2.24) is 0 Å². The Hall–Kier alpha value is -0.170. The smallest absolute Gasteiger partial charge is 0.270 e. The average Bonchev–Trinajstić information content (AvgIpc) is 1.83. The second kappa shape index (κ2) is 3.29. The van der Waals surface area contributed by atoms with E-state index in [1.54, 1.807) is 0 Å². The zero-order valence-corrected chi connectivity index (χ0v) is 5.95. The Labute approximate surface area is 59.1 Å². The Morgan fingerprint density at radius 2 is 1.90 bits per heavy atom. The van der Waals surface area contributed by atoms with Gasteiger partial charge in [-0.05, 0) is 6.92 Å². The lowest BCUT2D eigenvalue weighted by Gasteiger charge is -2.11. The van der Waals surface area contributed by atoms with Crippen LogP contribution in [0.4, 0.5) is 0 Å². The fourth-order valence-corrected chi connectivity index (χ4v) is 0.799. The van der Waals surface area contributed by atoms with Crippen LogP contribution < -0.4 is 0 Å². The lowest BCUT2D eigenvalue weighted by molar-refractivity contribution is 0.0972. The molecule has 1 radical (unpaired) electrons. The van der Waals surface area contributed by atoms with E-state index in [9.17, 15) is 8.42 Å². The highest BCUT2D eigenvalue weighted by Gasteiger charge is 2.25. The van der Waals surface area contributed by atoms with E-state index >= 15 is 0 Å². The first-order valence-electron chi connectivity index (χ1n) is 2.48. The maximum absolute atomic E-state index is 10.2. The van der Waals surface area contributed by atoms with E-state index < -0.39 is 28.1 Å². The van der Waals surface area contributed by atoms with Gasteiger partial charge in [0.25, 0.3) is 10.1 Å². The first-order valence-corrected chi connectivity index (χ1v) is 3.98. The lowest BCUT2D eigenvalue weighted by atomic mass is 10.3. The molecule has 0 spiro atoms. The third-order valence-corrected chi connectivity index (χ3v) is 2.08. The molecule has 0 aromatic heterocycles. The summed E-state index contributed by atoms with van der Waals surface area (Å²) in [5.41, 5.74) is 0. The molecule has 0 rings (SSSR count). The van der Waals surface area contributed by atoms with Gasteiger partial charge >= 0.3 is 0 Å². The van der Waals surface area contributed by atoms with Gasteiger partial charge in [0.2, 0.25) is 0 Å². The minimum atomic E-state index is -4.34. The second-order valence-corrected chi connectivity index (χ2v) is 3.44. The molecule has 2 unspecified atom stereocenters. The van der Waals surface area contributed by atoms with Gasteiger partial charge in [0.15, 0.2) is 0 Å². The van der Waals surface area contributed by atoms with Crippen LogP contribution in [0.5, 0.6) is 0 Å². The molecule has 0 bridgehead atoms. The topological polar surface area (TPSA) is 94.8 Å². The summed E-state index contributed by atoms with van der Waals surface area (Å²) in [6, 6.07) is 0. The molecule has 0 amide bonds.